The third-order valence-corrected chi connectivity index (χ3v) is 9.36. The molecule has 0 radical (unpaired) electrons. The average molecular weight is 673 g/mol. The van der Waals surface area contributed by atoms with Crippen molar-refractivity contribution in [2.24, 2.45) is 0 Å². The van der Waals surface area contributed by atoms with Gasteiger partial charge < -0.3 is 25.8 Å². The van der Waals surface area contributed by atoms with Crippen molar-refractivity contribution < 1.29 is 27.9 Å². The minimum absolute atomic E-state index is 0.126. The topological polar surface area (TPSA) is 137 Å². The van der Waals surface area contributed by atoms with Gasteiger partial charge in [0.2, 0.25) is 10.0 Å². The summed E-state index contributed by atoms with van der Waals surface area (Å²) in [7, 11) is -0.737. The van der Waals surface area contributed by atoms with Gasteiger partial charge in [0.1, 0.15) is 5.75 Å². The number of hydrogen-bond donors (Lipinski definition) is 4. The Morgan fingerprint density at radius 2 is 1.38 bits per heavy atom. The third kappa shape index (κ3) is 9.90. The second-order valence-electron chi connectivity index (χ2n) is 11.9. The molecular weight excluding hydrogens is 628 g/mol. The lowest BCUT2D eigenvalue weighted by molar-refractivity contribution is 0.0932. The van der Waals surface area contributed by atoms with Crippen LogP contribution in [0.1, 0.15) is 63.3 Å². The summed E-state index contributed by atoms with van der Waals surface area (Å²) >= 11 is 0. The van der Waals surface area contributed by atoms with E-state index in [1.807, 2.05) is 91.9 Å². The summed E-state index contributed by atoms with van der Waals surface area (Å²) in [4.78, 5) is 27.4. The van der Waals surface area contributed by atoms with Gasteiger partial charge in [0.15, 0.2) is 0 Å². The van der Waals surface area contributed by atoms with Crippen LogP contribution in [0.5, 0.6) is 5.75 Å². The van der Waals surface area contributed by atoms with Gasteiger partial charge in [0, 0.05) is 30.8 Å². The normalized spacial score (nSPS) is 13.9. The predicted molar refractivity (Wildman–Crippen MR) is 189 cm³/mol. The van der Waals surface area contributed by atoms with Crippen molar-refractivity contribution in [3.05, 3.63) is 131 Å². The zero-order chi connectivity index (χ0) is 34.8. The number of hydrogen-bond acceptors (Lipinski definition) is 7. The molecule has 0 aliphatic carbocycles. The molecule has 0 bridgehead atoms. The molecular formula is C37H44N4O6S. The highest BCUT2D eigenvalue weighted by Gasteiger charge is 2.24. The zero-order valence-corrected chi connectivity index (χ0v) is 28.7. The molecule has 4 atom stereocenters. The average Bonchev–Trinajstić information content (AvgIpc) is 3.08. The summed E-state index contributed by atoms with van der Waals surface area (Å²) in [5, 5.41) is 20.1. The predicted octanol–water partition coefficient (Wildman–Crippen LogP) is 4.63. The first-order valence-electron chi connectivity index (χ1n) is 15.7. The SMILES string of the molecule is COc1ccc([C@H](NC[C@H](Cc2ccccc2)NC(=O)c2cc(C(=O)N[C@H](C)c3ccccc3)cc(N(C)S(C)(=O)=O)c2)[C@H](C)O)cc1. The van der Waals surface area contributed by atoms with E-state index in [1.54, 1.807) is 14.0 Å². The van der Waals surface area contributed by atoms with E-state index in [2.05, 4.69) is 16.0 Å². The lowest BCUT2D eigenvalue weighted by Gasteiger charge is -2.27. The molecule has 0 saturated heterocycles. The minimum Gasteiger partial charge on any atom is -0.497 e. The Labute approximate surface area is 283 Å². The van der Waals surface area contributed by atoms with E-state index in [4.69, 9.17) is 4.74 Å². The number of aliphatic hydroxyl groups excluding tert-OH is 1. The number of amides is 2. The van der Waals surface area contributed by atoms with Crippen LogP contribution >= 0.6 is 0 Å². The number of nitrogens with zero attached hydrogens (tertiary/aromatic N) is 1. The fourth-order valence-electron chi connectivity index (χ4n) is 5.34. The second-order valence-corrected chi connectivity index (χ2v) is 13.9. The van der Waals surface area contributed by atoms with E-state index >= 15 is 0 Å². The molecule has 0 unspecified atom stereocenters. The van der Waals surface area contributed by atoms with Gasteiger partial charge in [-0.2, -0.15) is 0 Å². The van der Waals surface area contributed by atoms with Crippen LogP contribution < -0.4 is 25.0 Å². The number of nitrogens with one attached hydrogen (secondary N) is 3. The Kier molecular flexibility index (Phi) is 12.4. The Morgan fingerprint density at radius 1 is 0.812 bits per heavy atom. The summed E-state index contributed by atoms with van der Waals surface area (Å²) in [5.74, 6) is -0.237. The molecule has 0 heterocycles. The number of carbonyl (C=O) groups is 2. The summed E-state index contributed by atoms with van der Waals surface area (Å²) in [6, 6.07) is 29.7. The number of anilines is 1. The molecule has 4 aromatic rings. The molecule has 0 aromatic heterocycles. The Bertz CT molecular complexity index is 1770. The second kappa shape index (κ2) is 16.4. The molecule has 254 valence electrons. The van der Waals surface area contributed by atoms with Crippen LogP contribution in [0.3, 0.4) is 0 Å². The molecule has 4 N–H and O–H groups in total. The molecule has 0 aliphatic heterocycles. The maximum atomic E-state index is 13.9. The molecule has 4 aromatic carbocycles. The Balaban J connectivity index is 1.62. The molecule has 0 spiro atoms. The lowest BCUT2D eigenvalue weighted by Crippen LogP contribution is -2.45. The van der Waals surface area contributed by atoms with E-state index in [9.17, 15) is 23.1 Å². The highest BCUT2D eigenvalue weighted by Crippen LogP contribution is 2.23. The van der Waals surface area contributed by atoms with Gasteiger partial charge in [0.25, 0.3) is 11.8 Å². The first kappa shape index (κ1) is 36.1. The molecule has 4 rings (SSSR count). The molecule has 10 nitrogen and oxygen atoms in total. The van der Waals surface area contributed by atoms with Crippen LogP contribution in [-0.4, -0.2) is 64.4 Å². The van der Waals surface area contributed by atoms with Crippen LogP contribution in [0, 0.1) is 0 Å². The minimum atomic E-state index is -3.70. The number of ether oxygens (including phenoxy) is 1. The fraction of sp³-hybridized carbons (Fsp3) is 0.297. The van der Waals surface area contributed by atoms with E-state index in [0.29, 0.717) is 18.7 Å². The summed E-state index contributed by atoms with van der Waals surface area (Å²) in [6.45, 7) is 3.84. The monoisotopic (exact) mass is 672 g/mol. The maximum Gasteiger partial charge on any atom is 0.251 e. The Hall–Kier alpha value is -4.71. The van der Waals surface area contributed by atoms with E-state index in [0.717, 1.165) is 27.3 Å². The van der Waals surface area contributed by atoms with Crippen molar-refractivity contribution in [1.29, 1.82) is 0 Å². The number of methoxy groups -OCH3 is 1. The quantitative estimate of drug-likeness (QED) is 0.145. The third-order valence-electron chi connectivity index (χ3n) is 8.15. The summed E-state index contributed by atoms with van der Waals surface area (Å²) in [6.07, 6.45) is 0.786. The number of rotatable bonds is 15. The fourth-order valence-corrected chi connectivity index (χ4v) is 5.83. The van der Waals surface area contributed by atoms with Gasteiger partial charge in [-0.1, -0.05) is 72.8 Å². The van der Waals surface area contributed by atoms with Crippen LogP contribution in [0.15, 0.2) is 103 Å². The molecule has 0 fully saturated rings. The van der Waals surface area contributed by atoms with Crippen molar-refractivity contribution in [2.45, 2.75) is 44.5 Å². The van der Waals surface area contributed by atoms with Gasteiger partial charge in [0.05, 0.1) is 37.2 Å². The van der Waals surface area contributed by atoms with Gasteiger partial charge in [-0.25, -0.2) is 8.42 Å². The molecule has 0 aliphatic rings. The van der Waals surface area contributed by atoms with Gasteiger partial charge in [-0.15, -0.1) is 0 Å². The van der Waals surface area contributed by atoms with Gasteiger partial charge >= 0.3 is 0 Å². The van der Waals surface area contributed by atoms with E-state index < -0.39 is 40.0 Å². The molecule has 0 saturated carbocycles. The standard InChI is InChI=1S/C37H44N4O6S/c1-25(28-14-10-7-11-15-28)39-36(43)30-21-31(23-33(22-30)41(3)48(5,45)46)37(44)40-32(20-27-12-8-6-9-13-27)24-38-35(26(2)42)29-16-18-34(47-4)19-17-29/h6-19,21-23,25-26,32,35,38,42H,20,24H2,1-5H3,(H,39,43)(H,40,44)/t25-,26+,32+,35-/m1/s1. The van der Waals surface area contributed by atoms with Crippen LogP contribution in [-0.2, 0) is 16.4 Å². The van der Waals surface area contributed by atoms with Crippen LogP contribution in [0.25, 0.3) is 0 Å². The Morgan fingerprint density at radius 3 is 1.92 bits per heavy atom. The van der Waals surface area contributed by atoms with Crippen molar-refractivity contribution in [1.82, 2.24) is 16.0 Å². The summed E-state index contributed by atoms with van der Waals surface area (Å²) in [5.41, 5.74) is 3.18. The number of benzene rings is 4. The number of carbonyl (C=O) groups excluding carboxylic acids is 2. The van der Waals surface area contributed by atoms with E-state index in [1.165, 1.54) is 25.2 Å². The van der Waals surface area contributed by atoms with Crippen molar-refractivity contribution in [3.63, 3.8) is 0 Å². The smallest absolute Gasteiger partial charge is 0.251 e. The summed E-state index contributed by atoms with van der Waals surface area (Å²) < 4.78 is 31.3. The lowest BCUT2D eigenvalue weighted by atomic mass is 10.00. The first-order chi connectivity index (χ1) is 22.8. The highest BCUT2D eigenvalue weighted by atomic mass is 32.2. The number of aliphatic hydroxyl groups is 1. The van der Waals surface area contributed by atoms with Crippen LogP contribution in [0.2, 0.25) is 0 Å². The van der Waals surface area contributed by atoms with Gasteiger partial charge in [-0.3, -0.25) is 13.9 Å². The van der Waals surface area contributed by atoms with Crippen molar-refractivity contribution >= 4 is 27.5 Å². The molecule has 2 amide bonds. The highest BCUT2D eigenvalue weighted by molar-refractivity contribution is 7.92. The molecule has 11 heteroatoms. The van der Waals surface area contributed by atoms with Crippen LogP contribution in [0.4, 0.5) is 5.69 Å². The zero-order valence-electron chi connectivity index (χ0n) is 27.9. The first-order valence-corrected chi connectivity index (χ1v) is 17.6. The number of sulfonamides is 1. The molecule has 48 heavy (non-hydrogen) atoms. The van der Waals surface area contributed by atoms with Crippen molar-refractivity contribution in [3.8, 4) is 5.75 Å². The maximum absolute atomic E-state index is 13.9. The van der Waals surface area contributed by atoms with Crippen molar-refractivity contribution in [2.75, 3.05) is 31.3 Å². The largest absolute Gasteiger partial charge is 0.497 e. The van der Waals surface area contributed by atoms with E-state index in [-0.39, 0.29) is 22.9 Å². The van der Waals surface area contributed by atoms with Gasteiger partial charge in [-0.05, 0) is 67.3 Å².